The Morgan fingerprint density at radius 2 is 1.81 bits per heavy atom. The first-order valence-corrected chi connectivity index (χ1v) is 13.2. The first-order chi connectivity index (χ1) is 17.7. The number of carbonyl (C=O) groups is 2. The number of rotatable bonds is 4. The van der Waals surface area contributed by atoms with Gasteiger partial charge in [0.2, 0.25) is 0 Å². The number of fused-ring (bicyclic) bond motifs is 1. The molecule has 0 atom stereocenters. The zero-order valence-corrected chi connectivity index (χ0v) is 20.8. The van der Waals surface area contributed by atoms with Crippen LogP contribution in [0.1, 0.15) is 37.7 Å². The van der Waals surface area contributed by atoms with Gasteiger partial charge in [-0.25, -0.2) is 0 Å². The van der Waals surface area contributed by atoms with Crippen molar-refractivity contribution in [2.75, 3.05) is 39.4 Å². The fourth-order valence-electron chi connectivity index (χ4n) is 5.09. The van der Waals surface area contributed by atoms with Crippen molar-refractivity contribution >= 4 is 28.7 Å². The highest BCUT2D eigenvalue weighted by Gasteiger charge is 2.25. The summed E-state index contributed by atoms with van der Waals surface area (Å²) in [5, 5.41) is 1.94. The SMILES string of the molecule is O=C(c1cccc(-c2cnc3c(c2)C(C2=CCN(C(=O)c4cccs4)CC2)=CC3)c1)N1CCOCC1. The molecule has 0 N–H and O–H groups in total. The molecule has 0 saturated carbocycles. The van der Waals surface area contributed by atoms with Crippen LogP contribution in [0.4, 0.5) is 0 Å². The van der Waals surface area contributed by atoms with Crippen LogP contribution in [0.25, 0.3) is 16.7 Å². The number of nitrogens with zero attached hydrogens (tertiary/aromatic N) is 3. The van der Waals surface area contributed by atoms with Crippen LogP contribution >= 0.6 is 11.3 Å². The zero-order chi connectivity index (χ0) is 24.5. The van der Waals surface area contributed by atoms with E-state index in [1.165, 1.54) is 22.5 Å². The quantitative estimate of drug-likeness (QED) is 0.525. The van der Waals surface area contributed by atoms with Gasteiger partial charge < -0.3 is 14.5 Å². The van der Waals surface area contributed by atoms with Crippen molar-refractivity contribution in [3.8, 4) is 11.1 Å². The molecule has 1 fully saturated rings. The van der Waals surface area contributed by atoms with E-state index >= 15 is 0 Å². The number of allylic oxidation sites excluding steroid dienone is 2. The van der Waals surface area contributed by atoms with Gasteiger partial charge in [0.1, 0.15) is 0 Å². The molecule has 0 bridgehead atoms. The van der Waals surface area contributed by atoms with E-state index in [2.05, 4.69) is 18.2 Å². The maximum Gasteiger partial charge on any atom is 0.264 e. The lowest BCUT2D eigenvalue weighted by Gasteiger charge is -2.27. The number of ether oxygens (including phenoxy) is 1. The summed E-state index contributed by atoms with van der Waals surface area (Å²) in [7, 11) is 0. The Labute approximate surface area is 214 Å². The third-order valence-corrected chi connectivity index (χ3v) is 7.93. The third kappa shape index (κ3) is 4.40. The fourth-order valence-corrected chi connectivity index (χ4v) is 5.79. The lowest BCUT2D eigenvalue weighted by molar-refractivity contribution is 0.0303. The molecular weight excluding hydrogens is 470 g/mol. The van der Waals surface area contributed by atoms with Crippen molar-refractivity contribution < 1.29 is 14.3 Å². The van der Waals surface area contributed by atoms with Gasteiger partial charge in [-0.05, 0) is 52.8 Å². The van der Waals surface area contributed by atoms with Gasteiger partial charge in [0.15, 0.2) is 0 Å². The minimum atomic E-state index is 0.0452. The summed E-state index contributed by atoms with van der Waals surface area (Å²) in [6, 6.07) is 13.8. The Hall–Kier alpha value is -3.55. The number of thiophene rings is 1. The Bertz CT molecular complexity index is 1370. The molecule has 1 aromatic carbocycles. The molecule has 36 heavy (non-hydrogen) atoms. The molecule has 2 aliphatic heterocycles. The zero-order valence-electron chi connectivity index (χ0n) is 20.0. The molecule has 4 heterocycles. The van der Waals surface area contributed by atoms with E-state index in [0.717, 1.165) is 40.1 Å². The summed E-state index contributed by atoms with van der Waals surface area (Å²) in [6.07, 6.45) is 7.99. The lowest BCUT2D eigenvalue weighted by atomic mass is 9.93. The van der Waals surface area contributed by atoms with Gasteiger partial charge in [-0.2, -0.15) is 0 Å². The molecular formula is C29H27N3O3S. The molecule has 7 heteroatoms. The smallest absolute Gasteiger partial charge is 0.264 e. The average Bonchev–Trinajstić information content (AvgIpc) is 3.63. The number of carbonyl (C=O) groups excluding carboxylic acids is 2. The van der Waals surface area contributed by atoms with Gasteiger partial charge in [0.25, 0.3) is 11.8 Å². The number of aromatic nitrogens is 1. The summed E-state index contributed by atoms with van der Waals surface area (Å²) in [6.45, 7) is 3.77. The second-order valence-corrected chi connectivity index (χ2v) is 10.2. The van der Waals surface area contributed by atoms with Crippen molar-refractivity contribution in [3.05, 3.63) is 93.5 Å². The van der Waals surface area contributed by atoms with Crippen molar-refractivity contribution in [1.29, 1.82) is 0 Å². The van der Waals surface area contributed by atoms with E-state index < -0.39 is 0 Å². The summed E-state index contributed by atoms with van der Waals surface area (Å²) >= 11 is 1.49. The largest absolute Gasteiger partial charge is 0.378 e. The van der Waals surface area contributed by atoms with Crippen molar-refractivity contribution in [3.63, 3.8) is 0 Å². The first kappa shape index (κ1) is 22.9. The summed E-state index contributed by atoms with van der Waals surface area (Å²) in [5.74, 6) is 0.153. The topological polar surface area (TPSA) is 62.7 Å². The number of hydrogen-bond donors (Lipinski definition) is 0. The molecule has 3 aromatic rings. The van der Waals surface area contributed by atoms with E-state index in [1.54, 1.807) is 0 Å². The Kier molecular flexibility index (Phi) is 6.25. The van der Waals surface area contributed by atoms with Gasteiger partial charge in [-0.1, -0.05) is 30.4 Å². The monoisotopic (exact) mass is 497 g/mol. The molecule has 0 spiro atoms. The van der Waals surface area contributed by atoms with Crippen molar-refractivity contribution in [2.45, 2.75) is 12.8 Å². The molecule has 0 radical (unpaired) electrons. The minimum Gasteiger partial charge on any atom is -0.378 e. The number of amides is 2. The Balaban J connectivity index is 1.22. The van der Waals surface area contributed by atoms with Crippen LogP contribution in [-0.4, -0.2) is 66.0 Å². The van der Waals surface area contributed by atoms with Crippen LogP contribution in [0.3, 0.4) is 0 Å². The maximum absolute atomic E-state index is 13.0. The van der Waals surface area contributed by atoms with Crippen LogP contribution < -0.4 is 0 Å². The number of pyridine rings is 1. The highest BCUT2D eigenvalue weighted by atomic mass is 32.1. The molecule has 3 aliphatic rings. The molecule has 182 valence electrons. The lowest BCUT2D eigenvalue weighted by Crippen LogP contribution is -2.40. The molecule has 2 amide bonds. The molecule has 1 aliphatic carbocycles. The number of morpholine rings is 1. The highest BCUT2D eigenvalue weighted by molar-refractivity contribution is 7.12. The number of hydrogen-bond acceptors (Lipinski definition) is 5. The molecule has 6 nitrogen and oxygen atoms in total. The summed E-state index contributed by atoms with van der Waals surface area (Å²) in [5.41, 5.74) is 7.41. The predicted octanol–water partition coefficient (Wildman–Crippen LogP) is 4.69. The average molecular weight is 498 g/mol. The van der Waals surface area contributed by atoms with Gasteiger partial charge in [-0.3, -0.25) is 14.6 Å². The predicted molar refractivity (Wildman–Crippen MR) is 141 cm³/mol. The van der Waals surface area contributed by atoms with Crippen LogP contribution in [0.15, 0.2) is 71.8 Å². The first-order valence-electron chi connectivity index (χ1n) is 12.4. The highest BCUT2D eigenvalue weighted by Crippen LogP contribution is 2.37. The number of benzene rings is 1. The second-order valence-electron chi connectivity index (χ2n) is 9.23. The Morgan fingerprint density at radius 3 is 2.58 bits per heavy atom. The van der Waals surface area contributed by atoms with Crippen molar-refractivity contribution in [1.82, 2.24) is 14.8 Å². The van der Waals surface area contributed by atoms with E-state index in [0.29, 0.717) is 45.0 Å². The molecule has 2 aromatic heterocycles. The van der Waals surface area contributed by atoms with E-state index in [-0.39, 0.29) is 11.8 Å². The molecule has 1 saturated heterocycles. The summed E-state index contributed by atoms with van der Waals surface area (Å²) in [4.78, 5) is 35.0. The third-order valence-electron chi connectivity index (χ3n) is 7.08. The van der Waals surface area contributed by atoms with Crippen molar-refractivity contribution in [2.24, 2.45) is 0 Å². The summed E-state index contributed by atoms with van der Waals surface area (Å²) < 4.78 is 5.38. The fraction of sp³-hybridized carbons (Fsp3) is 0.276. The minimum absolute atomic E-state index is 0.0452. The van der Waals surface area contributed by atoms with Gasteiger partial charge in [-0.15, -0.1) is 11.3 Å². The van der Waals surface area contributed by atoms with E-state index in [4.69, 9.17) is 9.72 Å². The molecule has 6 rings (SSSR count). The van der Waals surface area contributed by atoms with Crippen LogP contribution in [-0.2, 0) is 11.2 Å². The van der Waals surface area contributed by atoms with Gasteiger partial charge in [0.05, 0.1) is 23.8 Å². The normalized spacial score (nSPS) is 17.4. The van der Waals surface area contributed by atoms with Crippen LogP contribution in [0.2, 0.25) is 0 Å². The standard InChI is InChI=1S/C29H27N3O3S/c33-28(32-12-14-35-15-13-32)22-4-1-3-21(17-22)23-18-25-24(6-7-26(25)30-19-23)20-8-10-31(11-9-20)29(34)27-5-2-16-36-27/h1-6,8,16-19H,7,9-15H2. The van der Waals surface area contributed by atoms with E-state index in [1.807, 2.05) is 57.8 Å². The van der Waals surface area contributed by atoms with Gasteiger partial charge >= 0.3 is 0 Å². The van der Waals surface area contributed by atoms with Crippen LogP contribution in [0, 0.1) is 0 Å². The van der Waals surface area contributed by atoms with Gasteiger partial charge in [0, 0.05) is 55.5 Å². The second kappa shape index (κ2) is 9.84. The van der Waals surface area contributed by atoms with E-state index in [9.17, 15) is 9.59 Å². The molecule has 0 unspecified atom stereocenters. The van der Waals surface area contributed by atoms with Crippen LogP contribution in [0.5, 0.6) is 0 Å². The Morgan fingerprint density at radius 1 is 0.917 bits per heavy atom. The maximum atomic E-state index is 13.0.